The molecule has 66 valence electrons. The predicted molar refractivity (Wildman–Crippen MR) is 51.3 cm³/mol. The van der Waals surface area contributed by atoms with Crippen LogP contribution in [0.5, 0.6) is 0 Å². The lowest BCUT2D eigenvalue weighted by Crippen LogP contribution is -1.83. The van der Waals surface area contributed by atoms with Crippen LogP contribution in [-0.2, 0) is 0 Å². The fourth-order valence-electron chi connectivity index (χ4n) is 0.837. The maximum atomic E-state index is 12.6. The third-order valence-electron chi connectivity index (χ3n) is 1.47. The van der Waals surface area contributed by atoms with Gasteiger partial charge >= 0.3 is 0 Å². The molecule has 0 saturated heterocycles. The predicted octanol–water partition coefficient (Wildman–Crippen LogP) is 3.81. The third kappa shape index (κ3) is 2.00. The Hall–Kier alpha value is -1.04. The number of hydrogen-bond donors (Lipinski definition) is 0. The molecule has 1 rings (SSSR count). The second kappa shape index (κ2) is 3.78. The first-order valence-corrected chi connectivity index (χ1v) is 4.05. The van der Waals surface area contributed by atoms with Gasteiger partial charge in [-0.05, 0) is 12.1 Å². The lowest BCUT2D eigenvalue weighted by molar-refractivity contribution is 0.763. The Morgan fingerprint density at radius 1 is 1.38 bits per heavy atom. The summed E-state index contributed by atoms with van der Waals surface area (Å²) in [6.07, 6.45) is 0. The van der Waals surface area contributed by atoms with Crippen molar-refractivity contribution in [1.82, 2.24) is 0 Å². The maximum Gasteiger partial charge on any atom is 0.123 e. The van der Waals surface area contributed by atoms with E-state index < -0.39 is 5.83 Å². The van der Waals surface area contributed by atoms with Crippen molar-refractivity contribution in [2.45, 2.75) is 0 Å². The Morgan fingerprint density at radius 3 is 2.15 bits per heavy atom. The molecule has 1 nitrogen and oxygen atoms in total. The number of rotatable bonds is 1. The second-order valence-electron chi connectivity index (χ2n) is 2.33. The van der Waals surface area contributed by atoms with Gasteiger partial charge in [0.1, 0.15) is 11.9 Å². The van der Waals surface area contributed by atoms with Crippen LogP contribution in [0.4, 0.5) is 4.39 Å². The first kappa shape index (κ1) is 10.0. The Kier molecular flexibility index (Phi) is 2.92. The molecule has 13 heavy (non-hydrogen) atoms. The molecule has 1 aromatic carbocycles. The smallest absolute Gasteiger partial charge is 0.123 e. The van der Waals surface area contributed by atoms with Gasteiger partial charge in [0.25, 0.3) is 0 Å². The first-order valence-electron chi connectivity index (χ1n) is 3.30. The number of hydrogen-bond acceptors (Lipinski definition) is 1. The first-order chi connectivity index (χ1) is 6.06. The summed E-state index contributed by atoms with van der Waals surface area (Å²) < 4.78 is 12.6. The molecule has 0 amide bonds. The molecule has 0 saturated carbocycles. The summed E-state index contributed by atoms with van der Waals surface area (Å²) >= 11 is 11.3. The standard InChI is InChI=1S/C9H4Cl2FN/c1-5(12)6-2-8(10)7(4-13)9(11)3-6/h2-3H,1H2. The molecule has 0 atom stereocenters. The highest BCUT2D eigenvalue weighted by Gasteiger charge is 2.08. The van der Waals surface area contributed by atoms with Gasteiger partial charge in [0.05, 0.1) is 15.6 Å². The Morgan fingerprint density at radius 2 is 1.85 bits per heavy atom. The Bertz CT molecular complexity index is 384. The van der Waals surface area contributed by atoms with Crippen LogP contribution in [0.25, 0.3) is 5.83 Å². The lowest BCUT2D eigenvalue weighted by Gasteiger charge is -2.01. The lowest BCUT2D eigenvalue weighted by atomic mass is 10.1. The number of benzene rings is 1. The van der Waals surface area contributed by atoms with Crippen molar-refractivity contribution < 1.29 is 4.39 Å². The van der Waals surface area contributed by atoms with Gasteiger partial charge in [-0.25, -0.2) is 4.39 Å². The topological polar surface area (TPSA) is 23.8 Å². The van der Waals surface area contributed by atoms with Crippen molar-refractivity contribution in [1.29, 1.82) is 5.26 Å². The largest absolute Gasteiger partial charge is 0.207 e. The van der Waals surface area contributed by atoms with Gasteiger partial charge in [0.2, 0.25) is 0 Å². The Balaban J connectivity index is 3.39. The average Bonchev–Trinajstić information content (AvgIpc) is 2.03. The van der Waals surface area contributed by atoms with E-state index in [9.17, 15) is 4.39 Å². The number of nitrogens with zero attached hydrogens (tertiary/aromatic N) is 1. The molecule has 0 bridgehead atoms. The zero-order chi connectivity index (χ0) is 10.0. The summed E-state index contributed by atoms with van der Waals surface area (Å²) in [4.78, 5) is 0. The van der Waals surface area contributed by atoms with Gasteiger partial charge in [-0.1, -0.05) is 29.8 Å². The quantitative estimate of drug-likeness (QED) is 0.700. The van der Waals surface area contributed by atoms with Crippen LogP contribution < -0.4 is 0 Å². The van der Waals surface area contributed by atoms with Gasteiger partial charge in [-0.3, -0.25) is 0 Å². The van der Waals surface area contributed by atoms with E-state index in [-0.39, 0.29) is 21.2 Å². The van der Waals surface area contributed by atoms with E-state index in [1.54, 1.807) is 0 Å². The van der Waals surface area contributed by atoms with Crippen LogP contribution in [-0.4, -0.2) is 0 Å². The molecule has 0 radical (unpaired) electrons. The zero-order valence-electron chi connectivity index (χ0n) is 6.44. The third-order valence-corrected chi connectivity index (χ3v) is 2.06. The summed E-state index contributed by atoms with van der Waals surface area (Å²) in [6.45, 7) is 3.10. The fourth-order valence-corrected chi connectivity index (χ4v) is 1.41. The van der Waals surface area contributed by atoms with Gasteiger partial charge < -0.3 is 0 Å². The van der Waals surface area contributed by atoms with Crippen LogP contribution in [0.15, 0.2) is 18.7 Å². The maximum absolute atomic E-state index is 12.6. The average molecular weight is 216 g/mol. The number of nitriles is 1. The van der Waals surface area contributed by atoms with Crippen LogP contribution in [0.2, 0.25) is 10.0 Å². The van der Waals surface area contributed by atoms with Gasteiger partial charge in [-0.15, -0.1) is 0 Å². The van der Waals surface area contributed by atoms with Gasteiger partial charge in [0, 0.05) is 5.56 Å². The molecular weight excluding hydrogens is 212 g/mol. The van der Waals surface area contributed by atoms with Gasteiger partial charge in [0.15, 0.2) is 0 Å². The molecule has 4 heteroatoms. The molecule has 1 aromatic rings. The normalized spacial score (nSPS) is 9.38. The van der Waals surface area contributed by atoms with E-state index in [1.807, 2.05) is 6.07 Å². The highest BCUT2D eigenvalue weighted by atomic mass is 35.5. The molecule has 0 unspecified atom stereocenters. The Labute approximate surface area is 85.0 Å². The zero-order valence-corrected chi connectivity index (χ0v) is 7.95. The second-order valence-corrected chi connectivity index (χ2v) is 3.15. The van der Waals surface area contributed by atoms with E-state index >= 15 is 0 Å². The molecule has 0 N–H and O–H groups in total. The molecule has 0 spiro atoms. The van der Waals surface area contributed by atoms with Crippen LogP contribution >= 0.6 is 23.2 Å². The summed E-state index contributed by atoms with van der Waals surface area (Å²) in [5, 5.41) is 8.85. The summed E-state index contributed by atoms with van der Waals surface area (Å²) in [5.74, 6) is -0.631. The van der Waals surface area contributed by atoms with Crippen molar-refractivity contribution >= 4 is 29.0 Å². The van der Waals surface area contributed by atoms with Crippen molar-refractivity contribution in [2.24, 2.45) is 0 Å². The highest BCUT2D eigenvalue weighted by Crippen LogP contribution is 2.28. The minimum absolute atomic E-state index is 0.129. The van der Waals surface area contributed by atoms with E-state index in [4.69, 9.17) is 28.5 Å². The van der Waals surface area contributed by atoms with Crippen molar-refractivity contribution in [3.8, 4) is 6.07 Å². The summed E-state index contributed by atoms with van der Waals surface area (Å²) in [5.41, 5.74) is 0.335. The minimum Gasteiger partial charge on any atom is -0.207 e. The summed E-state index contributed by atoms with van der Waals surface area (Å²) in [6, 6.07) is 4.44. The molecule has 0 aliphatic rings. The molecule has 0 aliphatic heterocycles. The van der Waals surface area contributed by atoms with E-state index in [0.29, 0.717) is 0 Å². The van der Waals surface area contributed by atoms with Gasteiger partial charge in [-0.2, -0.15) is 5.26 Å². The number of halogens is 3. The molecule has 0 heterocycles. The molecule has 0 aliphatic carbocycles. The van der Waals surface area contributed by atoms with E-state index in [1.165, 1.54) is 12.1 Å². The van der Waals surface area contributed by atoms with Crippen molar-refractivity contribution in [2.75, 3.05) is 0 Å². The monoisotopic (exact) mass is 215 g/mol. The molecule has 0 fully saturated rings. The molecular formula is C9H4Cl2FN. The van der Waals surface area contributed by atoms with Crippen molar-refractivity contribution in [3.05, 3.63) is 39.9 Å². The SMILES string of the molecule is C=C(F)c1cc(Cl)c(C#N)c(Cl)c1. The van der Waals surface area contributed by atoms with E-state index in [2.05, 4.69) is 6.58 Å². The van der Waals surface area contributed by atoms with Crippen LogP contribution in [0.3, 0.4) is 0 Å². The summed E-state index contributed by atoms with van der Waals surface area (Å²) in [7, 11) is 0. The van der Waals surface area contributed by atoms with Crippen LogP contribution in [0, 0.1) is 11.3 Å². The minimum atomic E-state index is -0.631. The fraction of sp³-hybridized carbons (Fsp3) is 0. The van der Waals surface area contributed by atoms with Crippen molar-refractivity contribution in [3.63, 3.8) is 0 Å². The molecule has 0 aromatic heterocycles. The van der Waals surface area contributed by atoms with E-state index in [0.717, 1.165) is 0 Å². The van der Waals surface area contributed by atoms with Crippen LogP contribution in [0.1, 0.15) is 11.1 Å². The highest BCUT2D eigenvalue weighted by molar-refractivity contribution is 6.36.